The fourth-order valence-electron chi connectivity index (χ4n) is 1.54. The van der Waals surface area contributed by atoms with Crippen molar-refractivity contribution < 1.29 is 0 Å². The van der Waals surface area contributed by atoms with E-state index in [0.29, 0.717) is 0 Å². The van der Waals surface area contributed by atoms with Crippen molar-refractivity contribution in [2.75, 3.05) is 11.6 Å². The predicted octanol–water partition coefficient (Wildman–Crippen LogP) is 3.05. The normalized spacial score (nSPS) is 10.4. The van der Waals surface area contributed by atoms with Crippen LogP contribution in [0.3, 0.4) is 0 Å². The smallest absolute Gasteiger partial charge is 0.0539 e. The van der Waals surface area contributed by atoms with Gasteiger partial charge in [-0.15, -0.1) is 11.8 Å². The van der Waals surface area contributed by atoms with E-state index in [1.54, 1.807) is 11.8 Å². The maximum Gasteiger partial charge on any atom is 0.0539 e. The van der Waals surface area contributed by atoms with Crippen LogP contribution in [0.25, 0.3) is 0 Å². The van der Waals surface area contributed by atoms with E-state index in [2.05, 4.69) is 40.0 Å². The van der Waals surface area contributed by atoms with Gasteiger partial charge in [0, 0.05) is 28.4 Å². The molecule has 0 aliphatic heterocycles. The summed E-state index contributed by atoms with van der Waals surface area (Å²) in [5.74, 6) is 0. The average Bonchev–Trinajstić information content (AvgIpc) is 2.72. The summed E-state index contributed by atoms with van der Waals surface area (Å²) in [6.07, 6.45) is 3.95. The molecule has 0 spiro atoms. The monoisotopic (exact) mass is 233 g/mol. The Labute approximate surface area is 99.7 Å². The number of hydrogen-bond donors (Lipinski definition) is 2. The molecule has 2 N–H and O–H groups in total. The Hall–Kier alpha value is -1.42. The third-order valence-corrected chi connectivity index (χ3v) is 3.31. The van der Waals surface area contributed by atoms with Crippen molar-refractivity contribution in [3.8, 4) is 0 Å². The van der Waals surface area contributed by atoms with Crippen LogP contribution in [0.2, 0.25) is 0 Å². The number of hydrogen-bond acceptors (Lipinski definition) is 3. The van der Waals surface area contributed by atoms with Crippen LogP contribution in [0.1, 0.15) is 11.3 Å². The van der Waals surface area contributed by atoms with Crippen molar-refractivity contribution in [2.45, 2.75) is 18.4 Å². The van der Waals surface area contributed by atoms with Gasteiger partial charge >= 0.3 is 0 Å². The lowest BCUT2D eigenvalue weighted by Crippen LogP contribution is -2.00. The van der Waals surface area contributed by atoms with E-state index in [4.69, 9.17) is 0 Å². The molecular weight excluding hydrogens is 218 g/mol. The number of rotatable bonds is 4. The zero-order valence-corrected chi connectivity index (χ0v) is 10.3. The largest absolute Gasteiger partial charge is 0.380 e. The van der Waals surface area contributed by atoms with Gasteiger partial charge in [-0.1, -0.05) is 12.1 Å². The minimum absolute atomic E-state index is 0.805. The molecule has 84 valence electrons. The highest BCUT2D eigenvalue weighted by Gasteiger charge is 2.02. The summed E-state index contributed by atoms with van der Waals surface area (Å²) < 4.78 is 0. The van der Waals surface area contributed by atoms with Gasteiger partial charge in [-0.3, -0.25) is 5.10 Å². The summed E-state index contributed by atoms with van der Waals surface area (Å²) in [5.41, 5.74) is 3.50. The van der Waals surface area contributed by atoms with Gasteiger partial charge in [0.25, 0.3) is 0 Å². The van der Waals surface area contributed by atoms with Gasteiger partial charge in [0.15, 0.2) is 0 Å². The zero-order valence-electron chi connectivity index (χ0n) is 9.45. The Kier molecular flexibility index (Phi) is 3.51. The van der Waals surface area contributed by atoms with Crippen molar-refractivity contribution in [3.05, 3.63) is 41.7 Å². The lowest BCUT2D eigenvalue weighted by Gasteiger charge is -2.09. The highest BCUT2D eigenvalue weighted by atomic mass is 32.2. The fourth-order valence-corrected chi connectivity index (χ4v) is 2.11. The molecule has 1 aromatic heterocycles. The summed E-state index contributed by atoms with van der Waals surface area (Å²) in [6, 6.07) is 8.32. The Morgan fingerprint density at radius 3 is 2.88 bits per heavy atom. The van der Waals surface area contributed by atoms with E-state index in [9.17, 15) is 0 Å². The molecular formula is C12H15N3S. The molecule has 4 heteroatoms. The summed E-state index contributed by atoms with van der Waals surface area (Å²) in [4.78, 5) is 1.27. The van der Waals surface area contributed by atoms with Crippen LogP contribution < -0.4 is 5.32 Å². The quantitative estimate of drug-likeness (QED) is 0.797. The van der Waals surface area contributed by atoms with E-state index in [0.717, 1.165) is 12.2 Å². The standard InChI is InChI=1S/C12H15N3S/c1-9-10(8-14-15-9)7-13-11-5-3-4-6-12(11)16-2/h3-6,8,13H,7H2,1-2H3,(H,14,15). The number of benzene rings is 1. The average molecular weight is 233 g/mol. The second-order valence-electron chi connectivity index (χ2n) is 3.57. The molecule has 0 fully saturated rings. The van der Waals surface area contributed by atoms with E-state index in [1.165, 1.54) is 16.1 Å². The number of H-pyrrole nitrogens is 1. The van der Waals surface area contributed by atoms with Gasteiger partial charge in [0.05, 0.1) is 6.20 Å². The number of nitrogens with zero attached hydrogens (tertiary/aromatic N) is 1. The molecule has 0 amide bonds. The van der Waals surface area contributed by atoms with Gasteiger partial charge in [0.2, 0.25) is 0 Å². The third kappa shape index (κ3) is 2.39. The number of para-hydroxylation sites is 1. The van der Waals surface area contributed by atoms with Crippen LogP contribution in [0.4, 0.5) is 5.69 Å². The molecule has 2 aromatic rings. The molecule has 1 aromatic carbocycles. The number of thioether (sulfide) groups is 1. The van der Waals surface area contributed by atoms with Crippen molar-refractivity contribution in [1.82, 2.24) is 10.2 Å². The topological polar surface area (TPSA) is 40.7 Å². The second-order valence-corrected chi connectivity index (χ2v) is 4.42. The molecule has 1 heterocycles. The first-order chi connectivity index (χ1) is 7.81. The van der Waals surface area contributed by atoms with Crippen molar-refractivity contribution in [3.63, 3.8) is 0 Å². The van der Waals surface area contributed by atoms with Crippen molar-refractivity contribution >= 4 is 17.4 Å². The van der Waals surface area contributed by atoms with E-state index in [1.807, 2.05) is 19.2 Å². The molecule has 0 unspecified atom stereocenters. The number of aryl methyl sites for hydroxylation is 1. The van der Waals surface area contributed by atoms with Crippen LogP contribution >= 0.6 is 11.8 Å². The van der Waals surface area contributed by atoms with Crippen LogP contribution in [-0.4, -0.2) is 16.5 Å². The molecule has 0 radical (unpaired) electrons. The van der Waals surface area contributed by atoms with E-state index < -0.39 is 0 Å². The zero-order chi connectivity index (χ0) is 11.4. The molecule has 0 aliphatic rings. The fraction of sp³-hybridized carbons (Fsp3) is 0.250. The van der Waals surface area contributed by atoms with Gasteiger partial charge in [0.1, 0.15) is 0 Å². The molecule has 2 rings (SSSR count). The SMILES string of the molecule is CSc1ccccc1NCc1cn[nH]c1C. The molecule has 16 heavy (non-hydrogen) atoms. The van der Waals surface area contributed by atoms with Gasteiger partial charge < -0.3 is 5.32 Å². The summed E-state index contributed by atoms with van der Waals surface area (Å²) >= 11 is 1.75. The highest BCUT2D eigenvalue weighted by Crippen LogP contribution is 2.25. The third-order valence-electron chi connectivity index (χ3n) is 2.51. The lowest BCUT2D eigenvalue weighted by atomic mass is 10.2. The van der Waals surface area contributed by atoms with Crippen LogP contribution in [0.15, 0.2) is 35.4 Å². The summed E-state index contributed by atoms with van der Waals surface area (Å²) in [7, 11) is 0. The predicted molar refractivity (Wildman–Crippen MR) is 68.9 cm³/mol. The summed E-state index contributed by atoms with van der Waals surface area (Å²) in [6.45, 7) is 2.84. The Balaban J connectivity index is 2.07. The highest BCUT2D eigenvalue weighted by molar-refractivity contribution is 7.98. The lowest BCUT2D eigenvalue weighted by molar-refractivity contribution is 1.04. The minimum atomic E-state index is 0.805. The number of aromatic nitrogens is 2. The molecule has 3 nitrogen and oxygen atoms in total. The maximum atomic E-state index is 4.01. The van der Waals surface area contributed by atoms with Crippen molar-refractivity contribution in [1.29, 1.82) is 0 Å². The van der Waals surface area contributed by atoms with E-state index in [-0.39, 0.29) is 0 Å². The van der Waals surface area contributed by atoms with Gasteiger partial charge in [-0.25, -0.2) is 0 Å². The Bertz CT molecular complexity index is 465. The minimum Gasteiger partial charge on any atom is -0.380 e. The Morgan fingerprint density at radius 2 is 2.19 bits per heavy atom. The van der Waals surface area contributed by atoms with Crippen LogP contribution in [0, 0.1) is 6.92 Å². The summed E-state index contributed by atoms with van der Waals surface area (Å²) in [5, 5.41) is 10.4. The number of anilines is 1. The van der Waals surface area contributed by atoms with E-state index >= 15 is 0 Å². The molecule has 0 aliphatic carbocycles. The first-order valence-electron chi connectivity index (χ1n) is 5.17. The number of aromatic amines is 1. The van der Waals surface area contributed by atoms with Crippen molar-refractivity contribution in [2.24, 2.45) is 0 Å². The number of nitrogens with one attached hydrogen (secondary N) is 2. The first kappa shape index (κ1) is 11.1. The molecule has 0 saturated carbocycles. The van der Waals surface area contributed by atoms with Crippen LogP contribution in [-0.2, 0) is 6.54 Å². The Morgan fingerprint density at radius 1 is 1.38 bits per heavy atom. The molecule has 0 atom stereocenters. The second kappa shape index (κ2) is 5.07. The maximum absolute atomic E-state index is 4.01. The van der Waals surface area contributed by atoms with Crippen LogP contribution in [0.5, 0.6) is 0 Å². The molecule has 0 bridgehead atoms. The molecule has 0 saturated heterocycles. The van der Waals surface area contributed by atoms with Gasteiger partial charge in [-0.2, -0.15) is 5.10 Å². The van der Waals surface area contributed by atoms with Gasteiger partial charge in [-0.05, 0) is 25.3 Å². The first-order valence-corrected chi connectivity index (χ1v) is 6.39.